The van der Waals surface area contributed by atoms with Crippen molar-refractivity contribution in [3.8, 4) is 0 Å². The SMILES string of the molecule is C=C(/C=C/C1=CCC=C1)N(C)[C@@H]1C2Cc3ccc(CC)cc3[C@@]1(C)CCN2C. The van der Waals surface area contributed by atoms with Gasteiger partial charge in [0.25, 0.3) is 0 Å². The lowest BCUT2D eigenvalue weighted by atomic mass is 9.61. The lowest BCUT2D eigenvalue weighted by Crippen LogP contribution is -2.66. The van der Waals surface area contributed by atoms with Crippen LogP contribution in [0.15, 0.2) is 66.4 Å². The van der Waals surface area contributed by atoms with E-state index < -0.39 is 0 Å². The van der Waals surface area contributed by atoms with Crippen LogP contribution in [0.5, 0.6) is 0 Å². The molecule has 4 rings (SSSR count). The highest BCUT2D eigenvalue weighted by atomic mass is 15.3. The lowest BCUT2D eigenvalue weighted by molar-refractivity contribution is 0.0188. The number of fused-ring (bicyclic) bond motifs is 4. The monoisotopic (exact) mass is 374 g/mol. The van der Waals surface area contributed by atoms with Crippen LogP contribution in [-0.4, -0.2) is 42.5 Å². The molecule has 2 nitrogen and oxygen atoms in total. The zero-order valence-corrected chi connectivity index (χ0v) is 17.9. The van der Waals surface area contributed by atoms with Crippen LogP contribution in [0.1, 0.15) is 43.4 Å². The van der Waals surface area contributed by atoms with Gasteiger partial charge in [-0.15, -0.1) is 0 Å². The molecule has 2 heteroatoms. The molecule has 2 bridgehead atoms. The summed E-state index contributed by atoms with van der Waals surface area (Å²) in [5.41, 5.74) is 7.13. The molecule has 3 atom stereocenters. The van der Waals surface area contributed by atoms with Gasteiger partial charge < -0.3 is 9.80 Å². The third-order valence-electron chi connectivity index (χ3n) is 7.33. The second-order valence-electron chi connectivity index (χ2n) is 8.99. The lowest BCUT2D eigenvalue weighted by Gasteiger charge is -2.58. The van der Waals surface area contributed by atoms with Gasteiger partial charge in [-0.25, -0.2) is 0 Å². The number of benzene rings is 1. The standard InChI is InChI=1S/C26H34N2/c1-6-20-13-14-22-18-24-25(26(3,23(22)17-20)15-16-27(24)4)28(5)19(2)11-12-21-9-7-8-10-21/h7,9-14,17,24-25H,2,6,8,15-16,18H2,1,3-5H3/b12-11+/t24?,25-,26-/m1/s1. The Balaban J connectivity index is 1.68. The highest BCUT2D eigenvalue weighted by molar-refractivity contribution is 5.45. The number of hydrogen-bond donors (Lipinski definition) is 0. The maximum Gasteiger partial charge on any atom is 0.0539 e. The first-order valence-corrected chi connectivity index (χ1v) is 10.7. The van der Waals surface area contributed by atoms with E-state index in [1.807, 2.05) is 0 Å². The van der Waals surface area contributed by atoms with Gasteiger partial charge >= 0.3 is 0 Å². The first kappa shape index (κ1) is 19.3. The van der Waals surface area contributed by atoms with Crippen LogP contribution < -0.4 is 0 Å². The molecular formula is C26H34N2. The third-order valence-corrected chi connectivity index (χ3v) is 7.33. The zero-order chi connectivity index (χ0) is 19.9. The predicted octanol–water partition coefficient (Wildman–Crippen LogP) is 5.02. The van der Waals surface area contributed by atoms with Crippen molar-refractivity contribution >= 4 is 0 Å². The molecule has 1 aromatic rings. The number of nitrogens with zero attached hydrogens (tertiary/aromatic N) is 2. The Kier molecular flexibility index (Phi) is 5.09. The van der Waals surface area contributed by atoms with Gasteiger partial charge in [0, 0.05) is 24.2 Å². The van der Waals surface area contributed by atoms with E-state index in [-0.39, 0.29) is 5.41 Å². The van der Waals surface area contributed by atoms with E-state index in [0.29, 0.717) is 12.1 Å². The molecule has 28 heavy (non-hydrogen) atoms. The van der Waals surface area contributed by atoms with Gasteiger partial charge in [0.15, 0.2) is 0 Å². The Morgan fingerprint density at radius 1 is 1.39 bits per heavy atom. The maximum atomic E-state index is 4.43. The minimum atomic E-state index is 0.161. The molecular weight excluding hydrogens is 340 g/mol. The highest BCUT2D eigenvalue weighted by Crippen LogP contribution is 2.47. The van der Waals surface area contributed by atoms with Gasteiger partial charge in [-0.3, -0.25) is 0 Å². The van der Waals surface area contributed by atoms with Crippen LogP contribution in [0.4, 0.5) is 0 Å². The fourth-order valence-corrected chi connectivity index (χ4v) is 5.50. The number of likely N-dealkylation sites (N-methyl/N-ethyl adjacent to an activating group) is 2. The highest BCUT2D eigenvalue weighted by Gasteiger charge is 2.51. The number of piperidine rings is 1. The Hall–Kier alpha value is -2.06. The van der Waals surface area contributed by atoms with Crippen LogP contribution >= 0.6 is 0 Å². The largest absolute Gasteiger partial charge is 0.370 e. The number of rotatable bonds is 5. The van der Waals surface area contributed by atoms with Crippen LogP contribution in [0, 0.1) is 0 Å². The molecule has 1 saturated heterocycles. The molecule has 1 unspecified atom stereocenters. The minimum absolute atomic E-state index is 0.161. The van der Waals surface area contributed by atoms with Crippen LogP contribution in [0.3, 0.4) is 0 Å². The average molecular weight is 375 g/mol. The Morgan fingerprint density at radius 3 is 2.93 bits per heavy atom. The second-order valence-corrected chi connectivity index (χ2v) is 8.99. The van der Waals surface area contributed by atoms with Gasteiger partial charge in [-0.2, -0.15) is 0 Å². The Bertz CT molecular complexity index is 859. The molecule has 0 aromatic heterocycles. The molecule has 1 fully saturated rings. The van der Waals surface area contributed by atoms with E-state index in [2.05, 4.69) is 92.9 Å². The molecule has 0 saturated carbocycles. The third kappa shape index (κ3) is 3.18. The maximum absolute atomic E-state index is 4.43. The van der Waals surface area contributed by atoms with Gasteiger partial charge in [0.2, 0.25) is 0 Å². The molecule has 0 amide bonds. The molecule has 148 valence electrons. The summed E-state index contributed by atoms with van der Waals surface area (Å²) in [7, 11) is 4.54. The first-order valence-electron chi connectivity index (χ1n) is 10.7. The number of likely N-dealkylation sites (tertiary alicyclic amines) is 1. The fourth-order valence-electron chi connectivity index (χ4n) is 5.50. The van der Waals surface area contributed by atoms with E-state index in [1.165, 1.54) is 24.1 Å². The summed E-state index contributed by atoms with van der Waals surface area (Å²) in [4.78, 5) is 5.02. The van der Waals surface area contributed by atoms with Gasteiger partial charge in [-0.05, 0) is 67.6 Å². The summed E-state index contributed by atoms with van der Waals surface area (Å²) >= 11 is 0. The summed E-state index contributed by atoms with van der Waals surface area (Å²) in [6.07, 6.45) is 15.5. The van der Waals surface area contributed by atoms with E-state index in [4.69, 9.17) is 0 Å². The van der Waals surface area contributed by atoms with Gasteiger partial charge in [0.1, 0.15) is 0 Å². The van der Waals surface area contributed by atoms with Crippen molar-refractivity contribution in [2.45, 2.75) is 57.0 Å². The van der Waals surface area contributed by atoms with Crippen molar-refractivity contribution in [2.24, 2.45) is 0 Å². The normalized spacial score (nSPS) is 29.1. The van der Waals surface area contributed by atoms with Crippen molar-refractivity contribution in [3.05, 3.63) is 83.1 Å². The summed E-state index contributed by atoms with van der Waals surface area (Å²) < 4.78 is 0. The van der Waals surface area contributed by atoms with Crippen molar-refractivity contribution in [3.63, 3.8) is 0 Å². The number of hydrogen-bond acceptors (Lipinski definition) is 2. The summed E-state index contributed by atoms with van der Waals surface area (Å²) in [6, 6.07) is 8.18. The quantitative estimate of drug-likeness (QED) is 0.668. The van der Waals surface area contributed by atoms with Crippen molar-refractivity contribution < 1.29 is 0 Å². The van der Waals surface area contributed by atoms with E-state index in [1.54, 1.807) is 11.1 Å². The van der Waals surface area contributed by atoms with Crippen molar-refractivity contribution in [2.75, 3.05) is 20.6 Å². The molecule has 3 aliphatic rings. The predicted molar refractivity (Wildman–Crippen MR) is 120 cm³/mol. The molecule has 0 N–H and O–H groups in total. The summed E-state index contributed by atoms with van der Waals surface area (Å²) in [5, 5.41) is 0. The molecule has 0 spiro atoms. The smallest absolute Gasteiger partial charge is 0.0539 e. The van der Waals surface area contributed by atoms with Crippen LogP contribution in [-0.2, 0) is 18.3 Å². The second kappa shape index (κ2) is 7.40. The number of aryl methyl sites for hydroxylation is 1. The summed E-state index contributed by atoms with van der Waals surface area (Å²) in [5.74, 6) is 0. The molecule has 0 radical (unpaired) electrons. The fraction of sp³-hybridized carbons (Fsp3) is 0.462. The molecule has 1 heterocycles. The number of allylic oxidation sites excluding steroid dienone is 6. The summed E-state index contributed by atoms with van der Waals surface area (Å²) in [6.45, 7) is 10.3. The Morgan fingerprint density at radius 2 is 2.21 bits per heavy atom. The van der Waals surface area contributed by atoms with Crippen LogP contribution in [0.25, 0.3) is 0 Å². The van der Waals surface area contributed by atoms with Crippen LogP contribution in [0.2, 0.25) is 0 Å². The van der Waals surface area contributed by atoms with E-state index in [0.717, 1.165) is 25.0 Å². The van der Waals surface area contributed by atoms with E-state index >= 15 is 0 Å². The van der Waals surface area contributed by atoms with Crippen molar-refractivity contribution in [1.82, 2.24) is 9.80 Å². The van der Waals surface area contributed by atoms with Crippen molar-refractivity contribution in [1.29, 1.82) is 0 Å². The minimum Gasteiger partial charge on any atom is -0.370 e. The average Bonchev–Trinajstić information content (AvgIpc) is 3.22. The molecule has 2 aliphatic carbocycles. The van der Waals surface area contributed by atoms with Gasteiger partial charge in [0.05, 0.1) is 6.04 Å². The first-order chi connectivity index (χ1) is 13.4. The van der Waals surface area contributed by atoms with E-state index in [9.17, 15) is 0 Å². The topological polar surface area (TPSA) is 6.48 Å². The Labute approximate surface area is 170 Å². The zero-order valence-electron chi connectivity index (χ0n) is 17.9. The van der Waals surface area contributed by atoms with Gasteiger partial charge in [-0.1, -0.05) is 62.9 Å². The molecule has 1 aromatic carbocycles. The molecule has 1 aliphatic heterocycles.